The van der Waals surface area contributed by atoms with E-state index in [1.807, 2.05) is 0 Å². The van der Waals surface area contributed by atoms with Crippen molar-refractivity contribution in [2.45, 2.75) is 83.8 Å². The van der Waals surface area contributed by atoms with Crippen LogP contribution in [0.25, 0.3) is 0 Å². The highest BCUT2D eigenvalue weighted by molar-refractivity contribution is 4.65. The summed E-state index contributed by atoms with van der Waals surface area (Å²) in [7, 11) is 0. The van der Waals surface area contributed by atoms with Crippen LogP contribution in [-0.4, -0.2) is 17.3 Å². The van der Waals surface area contributed by atoms with Gasteiger partial charge in [-0.2, -0.15) is 4.91 Å². The summed E-state index contributed by atoms with van der Waals surface area (Å²) >= 11 is 0. The van der Waals surface area contributed by atoms with Crippen LogP contribution in [0.4, 0.5) is 0 Å². The Kier molecular flexibility index (Phi) is 10.8. The largest absolute Gasteiger partial charge is 0.393 e. The van der Waals surface area contributed by atoms with E-state index in [0.29, 0.717) is 0 Å². The highest BCUT2D eigenvalue weighted by Crippen LogP contribution is 2.14. The minimum Gasteiger partial charge on any atom is -0.393 e. The summed E-state index contributed by atoms with van der Waals surface area (Å²) in [4.78, 5) is 10.5. The van der Waals surface area contributed by atoms with Crippen LogP contribution in [0.5, 0.6) is 0 Å². The lowest BCUT2D eigenvalue weighted by molar-refractivity contribution is 0.150. The monoisotopic (exact) mass is 229 g/mol. The molecule has 0 aromatic rings. The zero-order chi connectivity index (χ0) is 12.2. The zero-order valence-electron chi connectivity index (χ0n) is 10.8. The molecule has 3 heteroatoms. The molecule has 0 heterocycles. The predicted molar refractivity (Wildman–Crippen MR) is 68.5 cm³/mol. The van der Waals surface area contributed by atoms with Gasteiger partial charge in [-0.15, -0.1) is 0 Å². The molecule has 0 aromatic heterocycles. The molecule has 3 nitrogen and oxygen atoms in total. The molecular weight excluding hydrogens is 202 g/mol. The molecule has 0 unspecified atom stereocenters. The summed E-state index contributed by atoms with van der Waals surface area (Å²) in [5, 5.41) is 12.7. The fourth-order valence-corrected chi connectivity index (χ4v) is 2.00. The van der Waals surface area contributed by atoms with E-state index in [9.17, 15) is 10.0 Å². The number of rotatable bonds is 11. The van der Waals surface area contributed by atoms with Crippen molar-refractivity contribution >= 4 is 0 Å². The van der Waals surface area contributed by atoms with Crippen molar-refractivity contribution in [3.63, 3.8) is 0 Å². The van der Waals surface area contributed by atoms with Gasteiger partial charge in [0.2, 0.25) is 0 Å². The van der Waals surface area contributed by atoms with Gasteiger partial charge in [0.1, 0.15) is 0 Å². The molecule has 0 saturated carbocycles. The van der Waals surface area contributed by atoms with Gasteiger partial charge in [0.05, 0.1) is 12.1 Å². The van der Waals surface area contributed by atoms with Gasteiger partial charge < -0.3 is 5.11 Å². The minimum absolute atomic E-state index is 0.0190. The first-order valence-electron chi connectivity index (χ1n) is 6.75. The number of nitroso groups, excluding NO2 is 1. The maximum atomic E-state index is 10.5. The van der Waals surface area contributed by atoms with Crippen molar-refractivity contribution < 1.29 is 5.11 Å². The van der Waals surface area contributed by atoms with Crippen molar-refractivity contribution in [1.29, 1.82) is 0 Å². The van der Waals surface area contributed by atoms with Gasteiger partial charge in [0.25, 0.3) is 0 Å². The standard InChI is InChI=1S/C13H27NO2/c1-3-8-12(14-16)10-6-5-7-11-13(15)9-4-2/h12-13,15H,3-11H2,1-2H3/t12-,13+/m0/s1. The number of aliphatic hydroxyl groups is 1. The van der Waals surface area contributed by atoms with Crippen LogP contribution in [0.1, 0.15) is 71.6 Å². The average Bonchev–Trinajstić information content (AvgIpc) is 2.27. The van der Waals surface area contributed by atoms with Crippen LogP contribution in [0.15, 0.2) is 5.18 Å². The van der Waals surface area contributed by atoms with Crippen LogP contribution in [0.3, 0.4) is 0 Å². The third-order valence-corrected chi connectivity index (χ3v) is 2.97. The highest BCUT2D eigenvalue weighted by atomic mass is 16.3. The van der Waals surface area contributed by atoms with E-state index in [1.54, 1.807) is 0 Å². The smallest absolute Gasteiger partial charge is 0.0919 e. The Bertz CT molecular complexity index is 162. The van der Waals surface area contributed by atoms with E-state index >= 15 is 0 Å². The molecule has 0 bridgehead atoms. The van der Waals surface area contributed by atoms with Crippen molar-refractivity contribution in [1.82, 2.24) is 0 Å². The van der Waals surface area contributed by atoms with Crippen molar-refractivity contribution in [3.05, 3.63) is 4.91 Å². The molecule has 1 N–H and O–H groups in total. The number of unbranched alkanes of at least 4 members (excludes halogenated alkanes) is 2. The average molecular weight is 229 g/mol. The Hall–Kier alpha value is -0.440. The summed E-state index contributed by atoms with van der Waals surface area (Å²) in [5.74, 6) is 0. The van der Waals surface area contributed by atoms with Crippen LogP contribution < -0.4 is 0 Å². The second-order valence-corrected chi connectivity index (χ2v) is 4.63. The molecule has 0 saturated heterocycles. The Morgan fingerprint density at radius 2 is 1.56 bits per heavy atom. The lowest BCUT2D eigenvalue weighted by Gasteiger charge is -2.09. The first kappa shape index (κ1) is 15.6. The molecule has 0 rings (SSSR count). The van der Waals surface area contributed by atoms with E-state index in [4.69, 9.17) is 0 Å². The third-order valence-electron chi connectivity index (χ3n) is 2.97. The van der Waals surface area contributed by atoms with Gasteiger partial charge in [0.15, 0.2) is 0 Å². The van der Waals surface area contributed by atoms with Crippen molar-refractivity contribution in [2.75, 3.05) is 0 Å². The van der Waals surface area contributed by atoms with Gasteiger partial charge in [-0.25, -0.2) is 0 Å². The number of aliphatic hydroxyl groups excluding tert-OH is 1. The molecule has 2 atom stereocenters. The molecular formula is C13H27NO2. The molecule has 0 radical (unpaired) electrons. The topological polar surface area (TPSA) is 49.7 Å². The number of hydrogen-bond donors (Lipinski definition) is 1. The third kappa shape index (κ3) is 8.84. The predicted octanol–water partition coefficient (Wildman–Crippen LogP) is 4.03. The Balaban J connectivity index is 3.34. The van der Waals surface area contributed by atoms with Crippen LogP contribution in [0, 0.1) is 4.91 Å². The molecule has 0 fully saturated rings. The van der Waals surface area contributed by atoms with Gasteiger partial charge in [0, 0.05) is 0 Å². The van der Waals surface area contributed by atoms with E-state index in [1.165, 1.54) is 0 Å². The molecule has 0 aliphatic rings. The summed E-state index contributed by atoms with van der Waals surface area (Å²) < 4.78 is 0. The fraction of sp³-hybridized carbons (Fsp3) is 1.00. The number of hydrogen-bond acceptors (Lipinski definition) is 3. The Morgan fingerprint density at radius 3 is 2.12 bits per heavy atom. The van der Waals surface area contributed by atoms with E-state index in [0.717, 1.165) is 57.8 Å². The number of nitrogens with zero attached hydrogens (tertiary/aromatic N) is 1. The molecule has 0 aromatic carbocycles. The lowest BCUT2D eigenvalue weighted by Crippen LogP contribution is -2.06. The fourth-order valence-electron chi connectivity index (χ4n) is 2.00. The molecule has 96 valence electrons. The first-order chi connectivity index (χ1) is 7.74. The van der Waals surface area contributed by atoms with Crippen LogP contribution >= 0.6 is 0 Å². The second-order valence-electron chi connectivity index (χ2n) is 4.63. The first-order valence-corrected chi connectivity index (χ1v) is 6.75. The summed E-state index contributed by atoms with van der Waals surface area (Å²) in [6.45, 7) is 4.17. The van der Waals surface area contributed by atoms with Gasteiger partial charge in [-0.1, -0.05) is 51.1 Å². The molecule has 0 aliphatic heterocycles. The lowest BCUT2D eigenvalue weighted by atomic mass is 10.0. The zero-order valence-corrected chi connectivity index (χ0v) is 10.8. The minimum atomic E-state index is -0.124. The molecule has 0 amide bonds. The van der Waals surface area contributed by atoms with Gasteiger partial charge in [-0.3, -0.25) is 0 Å². The second kappa shape index (κ2) is 11.1. The normalized spacial score (nSPS) is 14.7. The highest BCUT2D eigenvalue weighted by Gasteiger charge is 2.07. The van der Waals surface area contributed by atoms with Gasteiger partial charge in [-0.05, 0) is 25.7 Å². The van der Waals surface area contributed by atoms with Crippen LogP contribution in [0.2, 0.25) is 0 Å². The van der Waals surface area contributed by atoms with Crippen LogP contribution in [-0.2, 0) is 0 Å². The summed E-state index contributed by atoms with van der Waals surface area (Å²) in [6.07, 6.45) is 8.85. The Morgan fingerprint density at radius 1 is 0.938 bits per heavy atom. The molecule has 16 heavy (non-hydrogen) atoms. The van der Waals surface area contributed by atoms with Crippen molar-refractivity contribution in [2.24, 2.45) is 5.18 Å². The van der Waals surface area contributed by atoms with Crippen molar-refractivity contribution in [3.8, 4) is 0 Å². The molecule has 0 spiro atoms. The van der Waals surface area contributed by atoms with E-state index in [-0.39, 0.29) is 12.1 Å². The molecule has 0 aliphatic carbocycles. The van der Waals surface area contributed by atoms with E-state index in [2.05, 4.69) is 19.0 Å². The van der Waals surface area contributed by atoms with E-state index < -0.39 is 0 Å². The summed E-state index contributed by atoms with van der Waals surface area (Å²) in [5.41, 5.74) is 0. The quantitative estimate of drug-likeness (QED) is 0.429. The maximum absolute atomic E-state index is 10.5. The summed E-state index contributed by atoms with van der Waals surface area (Å²) in [6, 6.07) is 0.0190. The Labute approximate surface area is 99.6 Å². The van der Waals surface area contributed by atoms with Gasteiger partial charge >= 0.3 is 0 Å². The maximum Gasteiger partial charge on any atom is 0.0919 e. The SMILES string of the molecule is CCC[C@@H](O)CCCCC[C@H](CCC)N=O.